The lowest BCUT2D eigenvalue weighted by atomic mass is 10.0. The molecule has 0 saturated carbocycles. The normalized spacial score (nSPS) is 10.9. The molecule has 0 heterocycles. The molecule has 0 saturated heterocycles. The van der Waals surface area contributed by atoms with Crippen LogP contribution in [0.1, 0.15) is 129 Å². The molecule has 0 aliphatic heterocycles. The topological polar surface area (TPSA) is 69.6 Å². The number of nitrogens with one attached hydrogen (secondary N) is 1. The van der Waals surface area contributed by atoms with Gasteiger partial charge in [0.2, 0.25) is 5.91 Å². The number of carboxylic acids is 1. The summed E-state index contributed by atoms with van der Waals surface area (Å²) in [5.41, 5.74) is 0. The van der Waals surface area contributed by atoms with E-state index in [-0.39, 0.29) is 5.91 Å². The zero-order valence-electron chi connectivity index (χ0n) is 23.5. The van der Waals surface area contributed by atoms with E-state index in [0.29, 0.717) is 6.42 Å². The van der Waals surface area contributed by atoms with Gasteiger partial charge in [0.15, 0.2) is 0 Å². The quantitative estimate of drug-likeness (QED) is 0.0812. The first-order chi connectivity index (χ1) is 16.9. The van der Waals surface area contributed by atoms with Crippen molar-refractivity contribution in [3.8, 4) is 0 Å². The molecule has 0 unspecified atom stereocenters. The van der Waals surface area contributed by atoms with Gasteiger partial charge in [-0.25, -0.2) is 4.79 Å². The number of carbonyl (C=O) groups excluding carboxylic acids is 1. The van der Waals surface area contributed by atoms with Crippen molar-refractivity contribution in [2.75, 3.05) is 27.2 Å². The van der Waals surface area contributed by atoms with Gasteiger partial charge in [0.1, 0.15) is 0 Å². The summed E-state index contributed by atoms with van der Waals surface area (Å²) in [7, 11) is 4.04. The van der Waals surface area contributed by atoms with Crippen molar-refractivity contribution >= 4 is 11.9 Å². The van der Waals surface area contributed by atoms with Crippen molar-refractivity contribution in [3.63, 3.8) is 0 Å². The van der Waals surface area contributed by atoms with E-state index in [9.17, 15) is 9.59 Å². The van der Waals surface area contributed by atoms with Crippen LogP contribution in [-0.2, 0) is 9.59 Å². The molecule has 35 heavy (non-hydrogen) atoms. The van der Waals surface area contributed by atoms with Crippen LogP contribution in [0.3, 0.4) is 0 Å². The first kappa shape index (κ1) is 35.5. The van der Waals surface area contributed by atoms with Gasteiger partial charge in [0.25, 0.3) is 0 Å². The number of unbranched alkanes of at least 4 members (excludes halogenated alkanes) is 15. The second-order valence-corrected chi connectivity index (χ2v) is 9.81. The molecular formula is C30H58N2O3. The van der Waals surface area contributed by atoms with Crippen LogP contribution in [0, 0.1) is 0 Å². The number of aliphatic carboxylic acids is 1. The lowest BCUT2D eigenvalue weighted by molar-refractivity contribution is -0.131. The monoisotopic (exact) mass is 494 g/mol. The second-order valence-electron chi connectivity index (χ2n) is 9.81. The largest absolute Gasteiger partial charge is 0.478 e. The van der Waals surface area contributed by atoms with E-state index in [4.69, 9.17) is 5.11 Å². The van der Waals surface area contributed by atoms with Crippen LogP contribution in [0.5, 0.6) is 0 Å². The third-order valence-corrected chi connectivity index (χ3v) is 5.90. The summed E-state index contributed by atoms with van der Waals surface area (Å²) >= 11 is 0. The molecule has 0 atom stereocenters. The van der Waals surface area contributed by atoms with E-state index < -0.39 is 5.97 Å². The van der Waals surface area contributed by atoms with Crippen LogP contribution < -0.4 is 5.32 Å². The van der Waals surface area contributed by atoms with E-state index in [1.54, 1.807) is 6.08 Å². The van der Waals surface area contributed by atoms with Crippen molar-refractivity contribution in [1.29, 1.82) is 0 Å². The summed E-state index contributed by atoms with van der Waals surface area (Å²) < 4.78 is 0. The third-order valence-electron chi connectivity index (χ3n) is 5.90. The fourth-order valence-electron chi connectivity index (χ4n) is 3.75. The molecule has 0 aromatic rings. The molecule has 0 radical (unpaired) electrons. The standard InChI is InChI=1S/C18H34O2.C12H24N2O/c1-2-3-4-5-6-7-8-9-10-11-12-13-14-15-16-17-18(19)20;1-4-5-6-7-10-13-12(15)9-8-11-14(2)3/h16-17H,2-15H2,1H3,(H,19,20);4H,1,5-11H2,2-3H3,(H,13,15). The lowest BCUT2D eigenvalue weighted by Crippen LogP contribution is -2.25. The number of hydrogen-bond donors (Lipinski definition) is 2. The van der Waals surface area contributed by atoms with Crippen LogP contribution in [-0.4, -0.2) is 49.1 Å². The van der Waals surface area contributed by atoms with E-state index in [0.717, 1.165) is 51.6 Å². The van der Waals surface area contributed by atoms with Gasteiger partial charge in [-0.05, 0) is 59.2 Å². The summed E-state index contributed by atoms with van der Waals surface area (Å²) in [4.78, 5) is 23.6. The van der Waals surface area contributed by atoms with Crippen LogP contribution in [0.15, 0.2) is 24.8 Å². The fourth-order valence-corrected chi connectivity index (χ4v) is 3.75. The maximum Gasteiger partial charge on any atom is 0.327 e. The van der Waals surface area contributed by atoms with Gasteiger partial charge in [-0.2, -0.15) is 0 Å². The van der Waals surface area contributed by atoms with E-state index in [1.807, 2.05) is 20.2 Å². The van der Waals surface area contributed by atoms with E-state index >= 15 is 0 Å². The second kappa shape index (κ2) is 30.4. The smallest absolute Gasteiger partial charge is 0.327 e. The Hall–Kier alpha value is -1.62. The molecule has 5 nitrogen and oxygen atoms in total. The number of carboxylic acid groups (broad SMARTS) is 1. The first-order valence-corrected chi connectivity index (χ1v) is 14.4. The Morgan fingerprint density at radius 3 is 1.77 bits per heavy atom. The molecule has 0 rings (SSSR count). The van der Waals surface area contributed by atoms with Gasteiger partial charge in [-0.3, -0.25) is 4.79 Å². The number of carbonyl (C=O) groups is 2. The Morgan fingerprint density at radius 1 is 0.771 bits per heavy atom. The predicted molar refractivity (Wildman–Crippen MR) is 152 cm³/mol. The molecule has 0 bridgehead atoms. The van der Waals surface area contributed by atoms with Crippen molar-refractivity contribution in [1.82, 2.24) is 10.2 Å². The molecule has 206 valence electrons. The molecule has 0 aromatic heterocycles. The summed E-state index contributed by atoms with van der Waals surface area (Å²) in [6.45, 7) is 7.70. The minimum absolute atomic E-state index is 0.176. The minimum atomic E-state index is -0.834. The average molecular weight is 495 g/mol. The Morgan fingerprint density at radius 2 is 1.29 bits per heavy atom. The summed E-state index contributed by atoms with van der Waals surface area (Å²) in [5, 5.41) is 11.4. The Balaban J connectivity index is 0. The zero-order chi connectivity index (χ0) is 26.4. The number of hydrogen-bond acceptors (Lipinski definition) is 3. The number of nitrogens with zero attached hydrogens (tertiary/aromatic N) is 1. The van der Waals surface area contributed by atoms with Gasteiger partial charge < -0.3 is 15.3 Å². The fraction of sp³-hybridized carbons (Fsp3) is 0.800. The third kappa shape index (κ3) is 37.1. The first-order valence-electron chi connectivity index (χ1n) is 14.4. The molecule has 0 aromatic carbocycles. The Bertz CT molecular complexity index is 504. The highest BCUT2D eigenvalue weighted by atomic mass is 16.4. The number of allylic oxidation sites excluding steroid dienone is 2. The highest BCUT2D eigenvalue weighted by molar-refractivity contribution is 5.79. The molecule has 0 fully saturated rings. The zero-order valence-corrected chi connectivity index (χ0v) is 23.5. The lowest BCUT2D eigenvalue weighted by Gasteiger charge is -2.09. The molecule has 2 N–H and O–H groups in total. The number of rotatable bonds is 24. The highest BCUT2D eigenvalue weighted by Gasteiger charge is 2.00. The SMILES string of the molecule is C=CCCCCNC(=O)CCCN(C)C.CCCCCCCCCCCCCCCC=CC(=O)O. The summed E-state index contributed by atoms with van der Waals surface area (Å²) in [6, 6.07) is 0. The Kier molecular flexibility index (Phi) is 30.9. The van der Waals surface area contributed by atoms with Gasteiger partial charge in [0, 0.05) is 19.0 Å². The van der Waals surface area contributed by atoms with Crippen LogP contribution >= 0.6 is 0 Å². The van der Waals surface area contributed by atoms with Crippen molar-refractivity contribution in [3.05, 3.63) is 24.8 Å². The van der Waals surface area contributed by atoms with Crippen molar-refractivity contribution in [2.24, 2.45) is 0 Å². The summed E-state index contributed by atoms with van der Waals surface area (Å²) in [5.74, 6) is -0.657. The Labute approximate surface area is 217 Å². The van der Waals surface area contributed by atoms with Crippen molar-refractivity contribution in [2.45, 2.75) is 129 Å². The maximum absolute atomic E-state index is 11.3. The molecule has 1 amide bonds. The van der Waals surface area contributed by atoms with Crippen LogP contribution in [0.25, 0.3) is 0 Å². The van der Waals surface area contributed by atoms with E-state index in [1.165, 1.54) is 83.1 Å². The molecule has 0 aliphatic carbocycles. The summed E-state index contributed by atoms with van der Waals surface area (Å²) in [6.07, 6.45) is 28.2. The number of amides is 1. The maximum atomic E-state index is 11.3. The molecule has 0 aliphatic rings. The van der Waals surface area contributed by atoms with E-state index in [2.05, 4.69) is 23.7 Å². The average Bonchev–Trinajstić information content (AvgIpc) is 2.81. The van der Waals surface area contributed by atoms with Gasteiger partial charge in [0.05, 0.1) is 0 Å². The van der Waals surface area contributed by atoms with Gasteiger partial charge >= 0.3 is 5.97 Å². The molecule has 0 spiro atoms. The van der Waals surface area contributed by atoms with Gasteiger partial charge in [-0.1, -0.05) is 96.1 Å². The molecule has 5 heteroatoms. The van der Waals surface area contributed by atoms with Crippen LogP contribution in [0.4, 0.5) is 0 Å². The van der Waals surface area contributed by atoms with Crippen LogP contribution in [0.2, 0.25) is 0 Å². The van der Waals surface area contributed by atoms with Crippen molar-refractivity contribution < 1.29 is 14.7 Å². The minimum Gasteiger partial charge on any atom is -0.478 e. The molecular weight excluding hydrogens is 436 g/mol. The highest BCUT2D eigenvalue weighted by Crippen LogP contribution is 2.13. The van der Waals surface area contributed by atoms with Gasteiger partial charge in [-0.15, -0.1) is 6.58 Å². The predicted octanol–water partition coefficient (Wildman–Crippen LogP) is 7.91.